The molecule has 2 aromatic heterocycles. The van der Waals surface area contributed by atoms with Crippen LogP contribution in [0, 0.1) is 23.2 Å². The van der Waals surface area contributed by atoms with Crippen molar-refractivity contribution in [1.29, 1.82) is 0 Å². The van der Waals surface area contributed by atoms with Gasteiger partial charge in [-0.25, -0.2) is 15.0 Å². The van der Waals surface area contributed by atoms with Crippen molar-refractivity contribution in [3.63, 3.8) is 0 Å². The Morgan fingerprint density at radius 1 is 1.13 bits per heavy atom. The van der Waals surface area contributed by atoms with Gasteiger partial charge in [0.25, 0.3) is 0 Å². The van der Waals surface area contributed by atoms with Gasteiger partial charge in [0.2, 0.25) is 0 Å². The molecule has 4 aliphatic carbocycles. The van der Waals surface area contributed by atoms with Gasteiger partial charge in [-0.2, -0.15) is 0 Å². The zero-order chi connectivity index (χ0) is 15.6. The van der Waals surface area contributed by atoms with E-state index < -0.39 is 0 Å². The molecule has 120 valence electrons. The number of ketones is 1. The fraction of sp³-hybridized carbons (Fsp3) is 0.647. The molecule has 0 saturated heterocycles. The Kier molecular flexibility index (Phi) is 2.65. The maximum atomic E-state index is 13.2. The molecule has 2 aromatic rings. The quantitative estimate of drug-likeness (QED) is 0.939. The first kappa shape index (κ1) is 13.5. The van der Waals surface area contributed by atoms with Crippen molar-refractivity contribution in [3.8, 4) is 0 Å². The number of nitrogens with two attached hydrogens (primary N) is 1. The van der Waals surface area contributed by atoms with Crippen LogP contribution >= 0.6 is 0 Å². The average Bonchev–Trinajstić information content (AvgIpc) is 2.90. The molecule has 2 N–H and O–H groups in total. The zero-order valence-corrected chi connectivity index (χ0v) is 13.1. The van der Waals surface area contributed by atoms with Crippen molar-refractivity contribution in [1.82, 2.24) is 19.5 Å². The lowest BCUT2D eigenvalue weighted by atomic mass is 9.48. The molecule has 0 radical (unpaired) electrons. The summed E-state index contributed by atoms with van der Waals surface area (Å²) < 4.78 is 1.84. The summed E-state index contributed by atoms with van der Waals surface area (Å²) in [6, 6.07) is 0. The highest BCUT2D eigenvalue weighted by molar-refractivity contribution is 5.87. The lowest BCUT2D eigenvalue weighted by Crippen LogP contribution is -2.50. The highest BCUT2D eigenvalue weighted by atomic mass is 16.1. The number of carbonyl (C=O) groups excluding carboxylic acids is 1. The number of rotatable bonds is 3. The monoisotopic (exact) mass is 311 g/mol. The molecule has 23 heavy (non-hydrogen) atoms. The van der Waals surface area contributed by atoms with Gasteiger partial charge in [-0.1, -0.05) is 0 Å². The van der Waals surface area contributed by atoms with Crippen molar-refractivity contribution in [2.45, 2.75) is 45.1 Å². The summed E-state index contributed by atoms with van der Waals surface area (Å²) in [5.74, 6) is 3.08. The van der Waals surface area contributed by atoms with Crippen LogP contribution in [0.4, 0.5) is 5.82 Å². The predicted octanol–water partition coefficient (Wildman–Crippen LogP) is 2.19. The van der Waals surface area contributed by atoms with Gasteiger partial charge in [0.1, 0.15) is 11.8 Å². The number of imidazole rings is 1. The smallest absolute Gasteiger partial charge is 0.165 e. The molecular formula is C17H21N5O. The summed E-state index contributed by atoms with van der Waals surface area (Å²) in [6.07, 6.45) is 10.5. The first-order chi connectivity index (χ1) is 11.1. The molecule has 0 atom stereocenters. The minimum atomic E-state index is -0.0794. The van der Waals surface area contributed by atoms with E-state index >= 15 is 0 Å². The van der Waals surface area contributed by atoms with Crippen LogP contribution in [-0.2, 0) is 11.3 Å². The van der Waals surface area contributed by atoms with E-state index in [1.54, 1.807) is 6.33 Å². The second kappa shape index (κ2) is 4.52. The van der Waals surface area contributed by atoms with Crippen molar-refractivity contribution in [2.24, 2.45) is 23.2 Å². The summed E-state index contributed by atoms with van der Waals surface area (Å²) in [4.78, 5) is 25.7. The van der Waals surface area contributed by atoms with Crippen LogP contribution in [-0.4, -0.2) is 25.3 Å². The third-order valence-electron chi connectivity index (χ3n) is 6.37. The van der Waals surface area contributed by atoms with Gasteiger partial charge in [-0.3, -0.25) is 4.79 Å². The standard InChI is InChI=1S/C17H21N5O/c18-15-14-16(20-8-19-15)22(9-21-14)7-13(23)17-4-10-1-11(5-17)3-12(2-10)6-17/h8-12H,1-7H2,(H2,18,19,20). The van der Waals surface area contributed by atoms with E-state index in [1.165, 1.54) is 25.6 Å². The van der Waals surface area contributed by atoms with E-state index in [4.69, 9.17) is 5.73 Å². The number of hydrogen-bond acceptors (Lipinski definition) is 5. The number of carbonyl (C=O) groups is 1. The van der Waals surface area contributed by atoms with Crippen LogP contribution in [0.2, 0.25) is 0 Å². The lowest BCUT2D eigenvalue weighted by Gasteiger charge is -2.56. The molecule has 4 aliphatic rings. The van der Waals surface area contributed by atoms with Gasteiger partial charge < -0.3 is 10.3 Å². The van der Waals surface area contributed by atoms with Crippen LogP contribution in [0.15, 0.2) is 12.7 Å². The molecule has 4 saturated carbocycles. The summed E-state index contributed by atoms with van der Waals surface area (Å²) in [5.41, 5.74) is 7.01. The summed E-state index contributed by atoms with van der Waals surface area (Å²) in [6.45, 7) is 0.360. The Hall–Kier alpha value is -1.98. The Morgan fingerprint density at radius 3 is 2.43 bits per heavy atom. The first-order valence-corrected chi connectivity index (χ1v) is 8.57. The molecule has 6 nitrogen and oxygen atoms in total. The van der Waals surface area contributed by atoms with Gasteiger partial charge in [0, 0.05) is 5.41 Å². The summed E-state index contributed by atoms with van der Waals surface area (Å²) in [7, 11) is 0. The third-order valence-corrected chi connectivity index (χ3v) is 6.37. The van der Waals surface area contributed by atoms with Crippen LogP contribution in [0.3, 0.4) is 0 Å². The molecule has 6 heteroatoms. The summed E-state index contributed by atoms with van der Waals surface area (Å²) in [5, 5.41) is 0. The SMILES string of the molecule is Nc1ncnc2c1ncn2CC(=O)C12CC3CC(CC(C3)C1)C2. The molecule has 4 bridgehead atoms. The molecule has 0 unspecified atom stereocenters. The van der Waals surface area contributed by atoms with Gasteiger partial charge in [-0.15, -0.1) is 0 Å². The second-order valence-corrected chi connectivity index (χ2v) is 7.92. The fourth-order valence-corrected chi connectivity index (χ4v) is 5.79. The molecule has 4 fully saturated rings. The third kappa shape index (κ3) is 1.93. The van der Waals surface area contributed by atoms with E-state index in [1.807, 2.05) is 4.57 Å². The molecule has 0 amide bonds. The minimum absolute atomic E-state index is 0.0794. The number of Topliss-reactive ketones (excluding diaryl/α,β-unsaturated/α-hetero) is 1. The van der Waals surface area contributed by atoms with Gasteiger partial charge in [0.15, 0.2) is 17.2 Å². The number of anilines is 1. The van der Waals surface area contributed by atoms with Gasteiger partial charge in [0.05, 0.1) is 12.9 Å². The topological polar surface area (TPSA) is 86.7 Å². The molecule has 0 spiro atoms. The maximum Gasteiger partial charge on any atom is 0.165 e. The van der Waals surface area contributed by atoms with Crippen LogP contribution in [0.25, 0.3) is 11.2 Å². The van der Waals surface area contributed by atoms with Crippen molar-refractivity contribution >= 4 is 22.8 Å². The van der Waals surface area contributed by atoms with Crippen LogP contribution < -0.4 is 5.73 Å². The number of fused-ring (bicyclic) bond motifs is 1. The summed E-state index contributed by atoms with van der Waals surface area (Å²) >= 11 is 0. The number of nitrogen functional groups attached to an aromatic ring is 1. The number of hydrogen-bond donors (Lipinski definition) is 1. The Balaban J connectivity index is 1.46. The maximum absolute atomic E-state index is 13.2. The van der Waals surface area contributed by atoms with Crippen LogP contribution in [0.1, 0.15) is 38.5 Å². The Labute approximate surface area is 134 Å². The molecule has 6 rings (SSSR count). The molecule has 2 heterocycles. The second-order valence-electron chi connectivity index (χ2n) is 7.92. The number of nitrogens with zero attached hydrogens (tertiary/aromatic N) is 4. The van der Waals surface area contributed by atoms with Crippen molar-refractivity contribution < 1.29 is 4.79 Å². The average molecular weight is 311 g/mol. The number of aromatic nitrogens is 4. The van der Waals surface area contributed by atoms with Crippen molar-refractivity contribution in [2.75, 3.05) is 5.73 Å². The van der Waals surface area contributed by atoms with E-state index in [0.717, 1.165) is 37.0 Å². The molecule has 0 aromatic carbocycles. The highest BCUT2D eigenvalue weighted by Crippen LogP contribution is 2.60. The normalized spacial score (nSPS) is 35.0. The van der Waals surface area contributed by atoms with E-state index in [0.29, 0.717) is 29.3 Å². The van der Waals surface area contributed by atoms with Crippen molar-refractivity contribution in [3.05, 3.63) is 12.7 Å². The Bertz CT molecular complexity index is 760. The van der Waals surface area contributed by atoms with Gasteiger partial charge >= 0.3 is 0 Å². The lowest BCUT2D eigenvalue weighted by molar-refractivity contribution is -0.144. The van der Waals surface area contributed by atoms with E-state index in [9.17, 15) is 4.79 Å². The fourth-order valence-electron chi connectivity index (χ4n) is 5.79. The first-order valence-electron chi connectivity index (χ1n) is 8.57. The van der Waals surface area contributed by atoms with E-state index in [2.05, 4.69) is 15.0 Å². The Morgan fingerprint density at radius 2 is 1.78 bits per heavy atom. The largest absolute Gasteiger partial charge is 0.382 e. The minimum Gasteiger partial charge on any atom is -0.382 e. The zero-order valence-electron chi connectivity index (χ0n) is 13.1. The molecule has 0 aliphatic heterocycles. The van der Waals surface area contributed by atoms with Gasteiger partial charge in [-0.05, 0) is 56.3 Å². The van der Waals surface area contributed by atoms with Crippen LogP contribution in [0.5, 0.6) is 0 Å². The highest BCUT2D eigenvalue weighted by Gasteiger charge is 2.54. The molecular weight excluding hydrogens is 290 g/mol. The van der Waals surface area contributed by atoms with E-state index in [-0.39, 0.29) is 5.41 Å². The predicted molar refractivity (Wildman–Crippen MR) is 85.3 cm³/mol.